The van der Waals surface area contributed by atoms with Gasteiger partial charge in [0.2, 0.25) is 0 Å². The zero-order chi connectivity index (χ0) is 21.3. The van der Waals surface area contributed by atoms with Crippen LogP contribution in [0.2, 0.25) is 0 Å². The summed E-state index contributed by atoms with van der Waals surface area (Å²) in [5.74, 6) is 0. The molecule has 0 aliphatic carbocycles. The SMILES string of the molecule is c1ccc(-c2ccccc2-c2sc(-c3scnc3-c3ccccc3)c3ccccc23)cc1. The van der Waals surface area contributed by atoms with E-state index >= 15 is 0 Å². The summed E-state index contributed by atoms with van der Waals surface area (Å²) in [7, 11) is 0. The maximum atomic E-state index is 4.74. The Morgan fingerprint density at radius 3 is 1.75 bits per heavy atom. The Morgan fingerprint density at radius 2 is 1.03 bits per heavy atom. The molecule has 6 rings (SSSR count). The van der Waals surface area contributed by atoms with Crippen molar-refractivity contribution in [3.63, 3.8) is 0 Å². The third kappa shape index (κ3) is 3.27. The minimum absolute atomic E-state index is 1.06. The highest BCUT2D eigenvalue weighted by atomic mass is 32.1. The van der Waals surface area contributed by atoms with Gasteiger partial charge in [-0.25, -0.2) is 4.98 Å². The van der Waals surface area contributed by atoms with E-state index in [-0.39, 0.29) is 0 Å². The van der Waals surface area contributed by atoms with Crippen molar-refractivity contribution in [3.05, 3.63) is 115 Å². The molecule has 6 aromatic rings. The Hall–Kier alpha value is -3.53. The smallest absolute Gasteiger partial charge is 0.0898 e. The summed E-state index contributed by atoms with van der Waals surface area (Å²) in [6.45, 7) is 0. The summed E-state index contributed by atoms with van der Waals surface area (Å²) in [4.78, 5) is 8.58. The van der Waals surface area contributed by atoms with Gasteiger partial charge in [0.25, 0.3) is 0 Å². The summed E-state index contributed by atoms with van der Waals surface area (Å²) in [6.07, 6.45) is 0. The number of fused-ring (bicyclic) bond motifs is 1. The summed E-state index contributed by atoms with van der Waals surface area (Å²) < 4.78 is 0. The zero-order valence-corrected chi connectivity index (χ0v) is 18.9. The molecule has 0 saturated heterocycles. The van der Waals surface area contributed by atoms with Crippen molar-refractivity contribution in [2.24, 2.45) is 0 Å². The number of aromatic nitrogens is 1. The van der Waals surface area contributed by atoms with Crippen LogP contribution in [0.4, 0.5) is 0 Å². The topological polar surface area (TPSA) is 12.9 Å². The van der Waals surface area contributed by atoms with Gasteiger partial charge in [-0.1, -0.05) is 109 Å². The van der Waals surface area contributed by atoms with Crippen LogP contribution in [-0.2, 0) is 0 Å². The molecule has 0 unspecified atom stereocenters. The van der Waals surface area contributed by atoms with Crippen LogP contribution >= 0.6 is 22.7 Å². The maximum Gasteiger partial charge on any atom is 0.0898 e. The van der Waals surface area contributed by atoms with Crippen LogP contribution in [0, 0.1) is 0 Å². The predicted molar refractivity (Wildman–Crippen MR) is 139 cm³/mol. The molecule has 0 bridgehead atoms. The van der Waals surface area contributed by atoms with Gasteiger partial charge in [-0.2, -0.15) is 0 Å². The first-order valence-electron chi connectivity index (χ1n) is 10.6. The Kier molecular flexibility index (Phi) is 4.91. The molecule has 3 heteroatoms. The van der Waals surface area contributed by atoms with Crippen LogP contribution in [-0.4, -0.2) is 4.98 Å². The van der Waals surface area contributed by atoms with Crippen molar-refractivity contribution in [1.82, 2.24) is 4.98 Å². The van der Waals surface area contributed by atoms with E-state index < -0.39 is 0 Å². The summed E-state index contributed by atoms with van der Waals surface area (Å²) in [6, 6.07) is 38.6. The average molecular weight is 446 g/mol. The highest BCUT2D eigenvalue weighted by Gasteiger charge is 2.20. The van der Waals surface area contributed by atoms with Crippen molar-refractivity contribution in [1.29, 1.82) is 0 Å². The van der Waals surface area contributed by atoms with Crippen LogP contribution in [0.3, 0.4) is 0 Å². The Balaban J connectivity index is 1.60. The minimum Gasteiger partial charge on any atom is -0.244 e. The minimum atomic E-state index is 1.06. The number of thiazole rings is 1. The van der Waals surface area contributed by atoms with Crippen LogP contribution < -0.4 is 0 Å². The highest BCUT2D eigenvalue weighted by Crippen LogP contribution is 2.49. The first-order valence-corrected chi connectivity index (χ1v) is 12.3. The Morgan fingerprint density at radius 1 is 0.469 bits per heavy atom. The van der Waals surface area contributed by atoms with Crippen LogP contribution in [0.15, 0.2) is 115 Å². The first-order chi connectivity index (χ1) is 15.9. The van der Waals surface area contributed by atoms with Gasteiger partial charge in [-0.15, -0.1) is 22.7 Å². The molecule has 2 heterocycles. The molecule has 0 spiro atoms. The lowest BCUT2D eigenvalue weighted by atomic mass is 9.97. The third-order valence-electron chi connectivity index (χ3n) is 5.70. The van der Waals surface area contributed by atoms with Crippen LogP contribution in [0.5, 0.6) is 0 Å². The van der Waals surface area contributed by atoms with Gasteiger partial charge < -0.3 is 0 Å². The summed E-state index contributed by atoms with van der Waals surface area (Å²) >= 11 is 3.59. The highest BCUT2D eigenvalue weighted by molar-refractivity contribution is 7.25. The van der Waals surface area contributed by atoms with E-state index in [0.717, 1.165) is 11.3 Å². The van der Waals surface area contributed by atoms with E-state index in [2.05, 4.69) is 109 Å². The molecule has 0 saturated carbocycles. The van der Waals surface area contributed by atoms with Crippen LogP contribution in [0.1, 0.15) is 0 Å². The van der Waals surface area contributed by atoms with E-state index in [1.165, 1.54) is 42.1 Å². The molecule has 2 aromatic heterocycles. The van der Waals surface area contributed by atoms with Gasteiger partial charge in [0.05, 0.1) is 21.0 Å². The molecule has 0 aliphatic rings. The van der Waals surface area contributed by atoms with Crippen molar-refractivity contribution in [3.8, 4) is 42.6 Å². The summed E-state index contributed by atoms with van der Waals surface area (Å²) in [5.41, 5.74) is 7.96. The van der Waals surface area contributed by atoms with Crippen LogP contribution in [0.25, 0.3) is 53.4 Å². The molecule has 0 N–H and O–H groups in total. The first kappa shape index (κ1) is 19.2. The van der Waals surface area contributed by atoms with E-state index in [0.29, 0.717) is 0 Å². The molecular formula is C29H19NS2. The van der Waals surface area contributed by atoms with E-state index in [9.17, 15) is 0 Å². The number of hydrogen-bond acceptors (Lipinski definition) is 3. The molecule has 0 fully saturated rings. The summed E-state index contributed by atoms with van der Waals surface area (Å²) in [5, 5.41) is 2.58. The Labute approximate surface area is 195 Å². The van der Waals surface area contributed by atoms with Crippen molar-refractivity contribution < 1.29 is 0 Å². The van der Waals surface area contributed by atoms with Gasteiger partial charge in [0.1, 0.15) is 0 Å². The molecule has 152 valence electrons. The fourth-order valence-corrected chi connectivity index (χ4v) is 6.51. The molecule has 32 heavy (non-hydrogen) atoms. The normalized spacial score (nSPS) is 11.1. The number of benzene rings is 4. The quantitative estimate of drug-likeness (QED) is 0.264. The van der Waals surface area contributed by atoms with Gasteiger partial charge in [0.15, 0.2) is 0 Å². The van der Waals surface area contributed by atoms with Crippen molar-refractivity contribution in [2.45, 2.75) is 0 Å². The average Bonchev–Trinajstić information content (AvgIpc) is 3.50. The molecule has 0 aliphatic heterocycles. The predicted octanol–water partition coefficient (Wildman–Crippen LogP) is 9.03. The molecule has 1 nitrogen and oxygen atoms in total. The number of thiophene rings is 1. The van der Waals surface area contributed by atoms with E-state index in [4.69, 9.17) is 4.98 Å². The van der Waals surface area contributed by atoms with Gasteiger partial charge in [0, 0.05) is 26.8 Å². The zero-order valence-electron chi connectivity index (χ0n) is 17.2. The molecule has 0 amide bonds. The lowest BCUT2D eigenvalue weighted by Crippen LogP contribution is -1.82. The van der Waals surface area contributed by atoms with Gasteiger partial charge in [-0.3, -0.25) is 0 Å². The second-order valence-corrected chi connectivity index (χ2v) is 9.49. The van der Waals surface area contributed by atoms with Gasteiger partial charge >= 0.3 is 0 Å². The molecule has 4 aromatic carbocycles. The maximum absolute atomic E-state index is 4.74. The van der Waals surface area contributed by atoms with Crippen molar-refractivity contribution in [2.75, 3.05) is 0 Å². The van der Waals surface area contributed by atoms with E-state index in [1.54, 1.807) is 11.3 Å². The third-order valence-corrected chi connectivity index (χ3v) is 7.94. The number of hydrogen-bond donors (Lipinski definition) is 0. The standard InChI is InChI=1S/C29H19NS2/c1-3-11-20(12-4-1)22-15-7-8-16-23(22)27-24-17-9-10-18-25(24)28(32-27)29-26(30-19-31-29)21-13-5-2-6-14-21/h1-19H. The Bertz CT molecular complexity index is 1510. The molecule has 0 radical (unpaired) electrons. The molecular weight excluding hydrogens is 426 g/mol. The lowest BCUT2D eigenvalue weighted by molar-refractivity contribution is 1.41. The largest absolute Gasteiger partial charge is 0.244 e. The van der Waals surface area contributed by atoms with Gasteiger partial charge in [-0.05, 0) is 11.1 Å². The monoisotopic (exact) mass is 445 g/mol. The number of rotatable bonds is 4. The fraction of sp³-hybridized carbons (Fsp3) is 0. The van der Waals surface area contributed by atoms with Crippen molar-refractivity contribution >= 4 is 33.4 Å². The van der Waals surface area contributed by atoms with E-state index in [1.807, 2.05) is 16.8 Å². The molecule has 0 atom stereocenters. The number of nitrogens with zero attached hydrogens (tertiary/aromatic N) is 1. The second kappa shape index (κ2) is 8.19. The lowest BCUT2D eigenvalue weighted by Gasteiger charge is -2.09. The second-order valence-electron chi connectivity index (χ2n) is 7.61. The fourth-order valence-electron chi connectivity index (χ4n) is 4.22.